The van der Waals surface area contributed by atoms with E-state index in [0.717, 1.165) is 11.3 Å². The molecular formula is C17H19FN2O3. The molecule has 0 fully saturated rings. The van der Waals surface area contributed by atoms with Crippen LogP contribution in [-0.2, 0) is 11.3 Å². The molecule has 0 atom stereocenters. The number of carbonyl (C=O) groups excluding carboxylic acids is 1. The monoisotopic (exact) mass is 318 g/mol. The molecule has 0 aliphatic rings. The fourth-order valence-electron chi connectivity index (χ4n) is 1.99. The van der Waals surface area contributed by atoms with Crippen molar-refractivity contribution >= 4 is 11.6 Å². The van der Waals surface area contributed by atoms with Gasteiger partial charge in [0.25, 0.3) is 0 Å². The quantitative estimate of drug-likeness (QED) is 0.824. The van der Waals surface area contributed by atoms with Crippen LogP contribution in [0.15, 0.2) is 42.5 Å². The Balaban J connectivity index is 1.83. The van der Waals surface area contributed by atoms with E-state index in [9.17, 15) is 9.18 Å². The van der Waals surface area contributed by atoms with E-state index in [4.69, 9.17) is 9.47 Å². The molecule has 122 valence electrons. The first-order valence-corrected chi connectivity index (χ1v) is 7.09. The zero-order chi connectivity index (χ0) is 16.7. The van der Waals surface area contributed by atoms with Gasteiger partial charge in [-0.3, -0.25) is 4.79 Å². The molecule has 2 aromatic carbocycles. The van der Waals surface area contributed by atoms with Gasteiger partial charge in [0, 0.05) is 18.3 Å². The van der Waals surface area contributed by atoms with Crippen molar-refractivity contribution in [3.05, 3.63) is 53.8 Å². The molecule has 0 saturated carbocycles. The third kappa shape index (κ3) is 4.88. The zero-order valence-electron chi connectivity index (χ0n) is 13.1. The fraction of sp³-hybridized carbons (Fsp3) is 0.235. The molecule has 0 heterocycles. The van der Waals surface area contributed by atoms with Crippen LogP contribution in [0.1, 0.15) is 5.56 Å². The Morgan fingerprint density at radius 1 is 1.04 bits per heavy atom. The molecule has 0 unspecified atom stereocenters. The van der Waals surface area contributed by atoms with Crippen LogP contribution in [0.25, 0.3) is 0 Å². The van der Waals surface area contributed by atoms with Crippen molar-refractivity contribution in [3.63, 3.8) is 0 Å². The first kappa shape index (κ1) is 16.6. The second-order valence-corrected chi connectivity index (χ2v) is 4.83. The van der Waals surface area contributed by atoms with E-state index in [0.29, 0.717) is 18.0 Å². The first-order valence-electron chi connectivity index (χ1n) is 7.09. The average Bonchev–Trinajstić information content (AvgIpc) is 2.59. The number of rotatable bonds is 7. The summed E-state index contributed by atoms with van der Waals surface area (Å²) in [6, 6.07) is 11.3. The van der Waals surface area contributed by atoms with Gasteiger partial charge in [-0.15, -0.1) is 0 Å². The Morgan fingerprint density at radius 2 is 1.74 bits per heavy atom. The lowest BCUT2D eigenvalue weighted by atomic mass is 10.2. The van der Waals surface area contributed by atoms with Crippen LogP contribution in [0, 0.1) is 5.82 Å². The molecule has 2 aromatic rings. The molecule has 2 rings (SSSR count). The number of halogens is 1. The molecule has 0 spiro atoms. The molecule has 1 amide bonds. The van der Waals surface area contributed by atoms with E-state index in [1.54, 1.807) is 44.6 Å². The number of hydrogen-bond donors (Lipinski definition) is 2. The van der Waals surface area contributed by atoms with Gasteiger partial charge < -0.3 is 20.1 Å². The highest BCUT2D eigenvalue weighted by molar-refractivity contribution is 5.80. The molecule has 23 heavy (non-hydrogen) atoms. The van der Waals surface area contributed by atoms with Crippen LogP contribution in [0.5, 0.6) is 11.5 Å². The van der Waals surface area contributed by atoms with Crippen molar-refractivity contribution < 1.29 is 18.7 Å². The van der Waals surface area contributed by atoms with Gasteiger partial charge in [-0.05, 0) is 29.8 Å². The lowest BCUT2D eigenvalue weighted by Gasteiger charge is -2.11. The average molecular weight is 318 g/mol. The predicted octanol–water partition coefficient (Wildman–Crippen LogP) is 2.57. The number of methoxy groups -OCH3 is 2. The second-order valence-electron chi connectivity index (χ2n) is 4.83. The van der Waals surface area contributed by atoms with E-state index in [1.807, 2.05) is 0 Å². The third-order valence-electron chi connectivity index (χ3n) is 3.24. The molecule has 0 aliphatic heterocycles. The van der Waals surface area contributed by atoms with Gasteiger partial charge in [0.15, 0.2) is 11.5 Å². The van der Waals surface area contributed by atoms with E-state index in [-0.39, 0.29) is 18.3 Å². The van der Waals surface area contributed by atoms with Gasteiger partial charge in [0.2, 0.25) is 5.91 Å². The lowest BCUT2D eigenvalue weighted by Crippen LogP contribution is -2.29. The molecule has 0 bridgehead atoms. The summed E-state index contributed by atoms with van der Waals surface area (Å²) < 4.78 is 23.1. The standard InChI is InChI=1S/C17H19FN2O3/c1-22-15-8-7-14(9-16(15)23-2)19-11-17(21)20-10-12-3-5-13(18)6-4-12/h3-9,19H,10-11H2,1-2H3,(H,20,21). The highest BCUT2D eigenvalue weighted by Gasteiger charge is 2.06. The Bertz CT molecular complexity index is 659. The summed E-state index contributed by atoms with van der Waals surface area (Å²) in [5, 5.41) is 5.77. The number of nitrogens with one attached hydrogen (secondary N) is 2. The molecule has 0 aliphatic carbocycles. The molecule has 0 saturated heterocycles. The minimum absolute atomic E-state index is 0.122. The summed E-state index contributed by atoms with van der Waals surface area (Å²) >= 11 is 0. The molecule has 0 aromatic heterocycles. The van der Waals surface area contributed by atoms with Crippen LogP contribution in [-0.4, -0.2) is 26.7 Å². The molecule has 2 N–H and O–H groups in total. The summed E-state index contributed by atoms with van der Waals surface area (Å²) in [7, 11) is 3.12. The van der Waals surface area contributed by atoms with Gasteiger partial charge in [-0.2, -0.15) is 0 Å². The van der Waals surface area contributed by atoms with Gasteiger partial charge in [0.05, 0.1) is 20.8 Å². The second kappa shape index (κ2) is 8.03. The minimum atomic E-state index is -0.296. The van der Waals surface area contributed by atoms with Crippen molar-refractivity contribution in [2.75, 3.05) is 26.1 Å². The number of benzene rings is 2. The molecular weight excluding hydrogens is 299 g/mol. The highest BCUT2D eigenvalue weighted by atomic mass is 19.1. The van der Waals surface area contributed by atoms with Crippen molar-refractivity contribution in [1.29, 1.82) is 0 Å². The van der Waals surface area contributed by atoms with Gasteiger partial charge in [0.1, 0.15) is 5.82 Å². The third-order valence-corrected chi connectivity index (χ3v) is 3.24. The fourth-order valence-corrected chi connectivity index (χ4v) is 1.99. The summed E-state index contributed by atoms with van der Waals surface area (Å²) in [5.41, 5.74) is 1.59. The van der Waals surface area contributed by atoms with Crippen molar-refractivity contribution in [3.8, 4) is 11.5 Å². The summed E-state index contributed by atoms with van der Waals surface area (Å²) in [4.78, 5) is 11.8. The van der Waals surface area contributed by atoms with Crippen LogP contribution in [0.2, 0.25) is 0 Å². The van der Waals surface area contributed by atoms with E-state index in [1.165, 1.54) is 12.1 Å². The van der Waals surface area contributed by atoms with Gasteiger partial charge in [-0.1, -0.05) is 12.1 Å². The maximum Gasteiger partial charge on any atom is 0.239 e. The van der Waals surface area contributed by atoms with Crippen LogP contribution in [0.3, 0.4) is 0 Å². The first-order chi connectivity index (χ1) is 11.1. The normalized spacial score (nSPS) is 10.0. The number of anilines is 1. The molecule has 5 nitrogen and oxygen atoms in total. The zero-order valence-corrected chi connectivity index (χ0v) is 13.1. The molecule has 0 radical (unpaired) electrons. The summed E-state index contributed by atoms with van der Waals surface area (Å²) in [6.07, 6.45) is 0. The Morgan fingerprint density at radius 3 is 2.39 bits per heavy atom. The Labute approximate surface area is 134 Å². The minimum Gasteiger partial charge on any atom is -0.493 e. The van der Waals surface area contributed by atoms with E-state index in [2.05, 4.69) is 10.6 Å². The summed E-state index contributed by atoms with van der Waals surface area (Å²) in [6.45, 7) is 0.476. The highest BCUT2D eigenvalue weighted by Crippen LogP contribution is 2.29. The topological polar surface area (TPSA) is 59.6 Å². The maximum atomic E-state index is 12.8. The van der Waals surface area contributed by atoms with Crippen molar-refractivity contribution in [2.45, 2.75) is 6.54 Å². The van der Waals surface area contributed by atoms with E-state index < -0.39 is 0 Å². The maximum absolute atomic E-state index is 12.8. The van der Waals surface area contributed by atoms with Crippen LogP contribution >= 0.6 is 0 Å². The SMILES string of the molecule is COc1ccc(NCC(=O)NCc2ccc(F)cc2)cc1OC. The van der Waals surface area contributed by atoms with Crippen molar-refractivity contribution in [2.24, 2.45) is 0 Å². The predicted molar refractivity (Wildman–Crippen MR) is 86.3 cm³/mol. The number of hydrogen-bond acceptors (Lipinski definition) is 4. The largest absolute Gasteiger partial charge is 0.493 e. The molecule has 6 heteroatoms. The summed E-state index contributed by atoms with van der Waals surface area (Å²) in [5.74, 6) is 0.752. The number of amides is 1. The Kier molecular flexibility index (Phi) is 5.80. The number of ether oxygens (including phenoxy) is 2. The Hall–Kier alpha value is -2.76. The van der Waals surface area contributed by atoms with E-state index >= 15 is 0 Å². The van der Waals surface area contributed by atoms with Crippen LogP contribution in [0.4, 0.5) is 10.1 Å². The van der Waals surface area contributed by atoms with Gasteiger partial charge >= 0.3 is 0 Å². The van der Waals surface area contributed by atoms with Crippen molar-refractivity contribution in [1.82, 2.24) is 5.32 Å². The smallest absolute Gasteiger partial charge is 0.239 e. The van der Waals surface area contributed by atoms with Crippen LogP contribution < -0.4 is 20.1 Å². The number of carbonyl (C=O) groups is 1. The lowest BCUT2D eigenvalue weighted by molar-refractivity contribution is -0.119. The van der Waals surface area contributed by atoms with Gasteiger partial charge in [-0.25, -0.2) is 4.39 Å².